The lowest BCUT2D eigenvalue weighted by Crippen LogP contribution is -2.67. The van der Waals surface area contributed by atoms with Crippen LogP contribution in [0.15, 0.2) is 0 Å². The fourth-order valence-corrected chi connectivity index (χ4v) is 7.45. The molecule has 2 heterocycles. The first kappa shape index (κ1) is 28.5. The van der Waals surface area contributed by atoms with Crippen LogP contribution in [0.2, 0.25) is 0 Å². The number of amides is 4. The molecule has 0 aromatic rings. The third kappa shape index (κ3) is 6.20. The van der Waals surface area contributed by atoms with Gasteiger partial charge in [-0.05, 0) is 84.0 Å². The number of rotatable bonds is 4. The normalized spacial score (nSPS) is 33.5. The third-order valence-electron chi connectivity index (χ3n) is 9.17. The number of nitrogens with one attached hydrogen (secondary N) is 1. The van der Waals surface area contributed by atoms with Crippen molar-refractivity contribution in [2.24, 2.45) is 17.8 Å². The summed E-state index contributed by atoms with van der Waals surface area (Å²) in [6.07, 6.45) is 6.46. The highest BCUT2D eigenvalue weighted by Gasteiger charge is 2.49. The number of nitrogens with zero attached hydrogens (tertiary/aromatic N) is 3. The molecule has 2 aliphatic heterocycles. The molecule has 2 aliphatic carbocycles. The van der Waals surface area contributed by atoms with E-state index >= 15 is 0 Å². The van der Waals surface area contributed by atoms with E-state index in [2.05, 4.69) is 5.32 Å². The van der Waals surface area contributed by atoms with Crippen molar-refractivity contribution in [3.63, 3.8) is 0 Å². The molecule has 0 aromatic carbocycles. The smallest absolute Gasteiger partial charge is 0.410 e. The van der Waals surface area contributed by atoms with Gasteiger partial charge in [0.2, 0.25) is 11.8 Å². The molecule has 0 spiro atoms. The van der Waals surface area contributed by atoms with E-state index in [1.165, 1.54) is 14.0 Å². The molecule has 0 bridgehead atoms. The first-order chi connectivity index (χ1) is 18.1. The van der Waals surface area contributed by atoms with Crippen molar-refractivity contribution in [2.75, 3.05) is 26.7 Å². The maximum Gasteiger partial charge on any atom is 0.410 e. The molecule has 1 N–H and O–H groups in total. The average molecular weight is 535 g/mol. The summed E-state index contributed by atoms with van der Waals surface area (Å²) < 4.78 is 10.7. The number of carbonyl (C=O) groups is 4. The number of hydrogen-bond donors (Lipinski definition) is 1. The largest absolute Gasteiger partial charge is 0.453 e. The quantitative estimate of drug-likeness (QED) is 0.592. The molecular weight excluding hydrogens is 488 g/mol. The molecule has 214 valence electrons. The summed E-state index contributed by atoms with van der Waals surface area (Å²) in [7, 11) is 1.41. The predicted octanol–water partition coefficient (Wildman–Crippen LogP) is 3.38. The Morgan fingerprint density at radius 2 is 1.55 bits per heavy atom. The monoisotopic (exact) mass is 534 g/mol. The predicted molar refractivity (Wildman–Crippen MR) is 141 cm³/mol. The highest BCUT2D eigenvalue weighted by molar-refractivity contribution is 5.79. The van der Waals surface area contributed by atoms with Gasteiger partial charge in [0, 0.05) is 38.5 Å². The van der Waals surface area contributed by atoms with Crippen LogP contribution in [0.5, 0.6) is 0 Å². The third-order valence-corrected chi connectivity index (χ3v) is 9.17. The van der Waals surface area contributed by atoms with E-state index in [1.54, 1.807) is 0 Å². The van der Waals surface area contributed by atoms with Crippen molar-refractivity contribution in [3.8, 4) is 0 Å². The number of carbonyl (C=O) groups excluding carboxylic acids is 4. The zero-order valence-corrected chi connectivity index (χ0v) is 23.7. The summed E-state index contributed by atoms with van der Waals surface area (Å²) in [5.41, 5.74) is 0. The first-order valence-corrected chi connectivity index (χ1v) is 14.5. The number of fused-ring (bicyclic) bond motifs is 1. The molecule has 10 nitrogen and oxygen atoms in total. The fourth-order valence-electron chi connectivity index (χ4n) is 7.45. The van der Waals surface area contributed by atoms with Crippen LogP contribution >= 0.6 is 0 Å². The van der Waals surface area contributed by atoms with Crippen molar-refractivity contribution >= 4 is 24.0 Å². The van der Waals surface area contributed by atoms with E-state index in [1.807, 2.05) is 35.5 Å². The van der Waals surface area contributed by atoms with Gasteiger partial charge in [-0.3, -0.25) is 14.5 Å². The van der Waals surface area contributed by atoms with E-state index in [9.17, 15) is 19.2 Å². The summed E-state index contributed by atoms with van der Waals surface area (Å²) in [4.78, 5) is 55.9. The van der Waals surface area contributed by atoms with Gasteiger partial charge in [0.1, 0.15) is 0 Å². The topological polar surface area (TPSA) is 108 Å². The van der Waals surface area contributed by atoms with E-state index in [-0.39, 0.29) is 60.2 Å². The number of hydrogen-bond acceptors (Lipinski definition) is 6. The van der Waals surface area contributed by atoms with E-state index < -0.39 is 0 Å². The highest BCUT2D eigenvalue weighted by atomic mass is 16.6. The second kappa shape index (κ2) is 12.1. The summed E-state index contributed by atoms with van der Waals surface area (Å²) >= 11 is 0. The van der Waals surface area contributed by atoms with Crippen LogP contribution in [0.1, 0.15) is 79.1 Å². The van der Waals surface area contributed by atoms with Crippen LogP contribution in [0.4, 0.5) is 9.59 Å². The Labute approximate surface area is 226 Å². The molecule has 5 atom stereocenters. The Morgan fingerprint density at radius 1 is 0.868 bits per heavy atom. The Bertz CT molecular complexity index is 889. The Kier molecular flexibility index (Phi) is 9.08. The summed E-state index contributed by atoms with van der Waals surface area (Å²) in [6, 6.07) is -0.245. The summed E-state index contributed by atoms with van der Waals surface area (Å²) in [5, 5.41) is 2.94. The maximum atomic E-state index is 13.2. The van der Waals surface area contributed by atoms with Gasteiger partial charge in [-0.2, -0.15) is 0 Å². The van der Waals surface area contributed by atoms with E-state index in [0.717, 1.165) is 51.4 Å². The molecule has 0 radical (unpaired) electrons. The van der Waals surface area contributed by atoms with Crippen LogP contribution in [0.3, 0.4) is 0 Å². The molecule has 0 aromatic heterocycles. The molecule has 10 heteroatoms. The van der Waals surface area contributed by atoms with Gasteiger partial charge in [0.15, 0.2) is 0 Å². The minimum absolute atomic E-state index is 0.0438. The molecule has 4 rings (SSSR count). The minimum atomic E-state index is -0.329. The van der Waals surface area contributed by atoms with Gasteiger partial charge in [-0.25, -0.2) is 9.59 Å². The van der Waals surface area contributed by atoms with Gasteiger partial charge < -0.3 is 24.6 Å². The lowest BCUT2D eigenvalue weighted by molar-refractivity contribution is -0.136. The molecule has 38 heavy (non-hydrogen) atoms. The number of piperazine rings is 1. The zero-order chi connectivity index (χ0) is 27.6. The minimum Gasteiger partial charge on any atom is -0.453 e. The average Bonchev–Trinajstić information content (AvgIpc) is 3.34. The lowest BCUT2D eigenvalue weighted by atomic mass is 9.68. The molecule has 3 unspecified atom stereocenters. The lowest BCUT2D eigenvalue weighted by Gasteiger charge is -2.54. The summed E-state index contributed by atoms with van der Waals surface area (Å²) in [6.45, 7) is 8.96. The van der Waals surface area contributed by atoms with Crippen molar-refractivity contribution in [1.29, 1.82) is 0 Å². The van der Waals surface area contributed by atoms with Gasteiger partial charge in [0.05, 0.1) is 31.3 Å². The van der Waals surface area contributed by atoms with Gasteiger partial charge >= 0.3 is 12.2 Å². The second-order valence-corrected chi connectivity index (χ2v) is 12.1. The molecule has 4 amide bonds. The standard InChI is InChI=1S/C28H46N4O6/c1-17(2)38-27(35)31-15-18(3)32(28(36)37-5)24-11-10-22(14-25(24)31)20-6-8-21(9-7-20)26(34)30-13-12-23(16-30)29-19(4)33/h17-18,20-25H,6-16H2,1-5H3,(H,29,33)/t18-,20?,21?,22?,23-,24?,25?/m0/s1. The Balaban J connectivity index is 1.37. The van der Waals surface area contributed by atoms with Crippen LogP contribution in [0, 0.1) is 17.8 Å². The molecule has 4 aliphatic rings. The van der Waals surface area contributed by atoms with Crippen molar-refractivity contribution < 1.29 is 28.7 Å². The molecule has 2 saturated heterocycles. The van der Waals surface area contributed by atoms with E-state index in [0.29, 0.717) is 31.5 Å². The van der Waals surface area contributed by atoms with Gasteiger partial charge in [-0.15, -0.1) is 0 Å². The van der Waals surface area contributed by atoms with Crippen LogP contribution in [0.25, 0.3) is 0 Å². The van der Waals surface area contributed by atoms with Crippen LogP contribution < -0.4 is 5.32 Å². The van der Waals surface area contributed by atoms with Crippen LogP contribution in [-0.4, -0.2) is 95.7 Å². The Hall–Kier alpha value is -2.52. The first-order valence-electron chi connectivity index (χ1n) is 14.5. The molecule has 2 saturated carbocycles. The maximum absolute atomic E-state index is 13.2. The SMILES string of the molecule is COC(=O)N1C2CCC(C3CCC(C(=O)N4CC[C@H](NC(C)=O)C4)CC3)CC2N(C(=O)OC(C)C)C[C@@H]1C. The second-order valence-electron chi connectivity index (χ2n) is 12.1. The molecular formula is C28H46N4O6. The van der Waals surface area contributed by atoms with Crippen molar-refractivity contribution in [3.05, 3.63) is 0 Å². The highest BCUT2D eigenvalue weighted by Crippen LogP contribution is 2.44. The zero-order valence-electron chi connectivity index (χ0n) is 23.7. The van der Waals surface area contributed by atoms with Crippen molar-refractivity contribution in [2.45, 2.75) is 109 Å². The number of ether oxygens (including phenoxy) is 2. The van der Waals surface area contributed by atoms with Crippen molar-refractivity contribution in [1.82, 2.24) is 20.0 Å². The van der Waals surface area contributed by atoms with Crippen LogP contribution in [-0.2, 0) is 19.1 Å². The van der Waals surface area contributed by atoms with Gasteiger partial charge in [-0.1, -0.05) is 0 Å². The van der Waals surface area contributed by atoms with E-state index in [4.69, 9.17) is 9.47 Å². The fraction of sp³-hybridized carbons (Fsp3) is 0.857. The molecule has 4 fully saturated rings. The number of methoxy groups -OCH3 is 1. The summed E-state index contributed by atoms with van der Waals surface area (Å²) in [5.74, 6) is 1.21. The van der Waals surface area contributed by atoms with Gasteiger partial charge in [0.25, 0.3) is 0 Å². The Morgan fingerprint density at radius 3 is 2.18 bits per heavy atom. The number of likely N-dealkylation sites (tertiary alicyclic amines) is 1.